The highest BCUT2D eigenvalue weighted by Gasteiger charge is 2.42. The molecule has 3 heterocycles. The number of alkyl halides is 1. The van der Waals surface area contributed by atoms with Crippen LogP contribution in [0.5, 0.6) is 0 Å². The molecule has 9 heteroatoms. The van der Waals surface area contributed by atoms with E-state index in [2.05, 4.69) is 22.6 Å². The number of carbonyl (C=O) groups is 1. The van der Waals surface area contributed by atoms with E-state index in [1.165, 1.54) is 38.5 Å². The quantitative estimate of drug-likeness (QED) is 0.313. The second kappa shape index (κ2) is 13.3. The molecule has 0 aromatic heterocycles. The third-order valence-corrected chi connectivity index (χ3v) is 9.44. The van der Waals surface area contributed by atoms with E-state index in [0.717, 1.165) is 58.2 Å². The highest BCUT2D eigenvalue weighted by Crippen LogP contribution is 2.45. The van der Waals surface area contributed by atoms with Crippen LogP contribution >= 0.6 is 11.6 Å². The SMILES string of the molecule is CN1CCC(OC2CCNCC2NC(=O)C(C(N)N)C2CC3(CCCCCC3)CCC(Cl)C=N2)CC1. The van der Waals surface area contributed by atoms with Crippen molar-refractivity contribution in [1.29, 1.82) is 0 Å². The Labute approximate surface area is 222 Å². The summed E-state index contributed by atoms with van der Waals surface area (Å²) in [5.74, 6) is -0.692. The summed E-state index contributed by atoms with van der Waals surface area (Å²) < 4.78 is 6.54. The number of halogens is 1. The highest BCUT2D eigenvalue weighted by molar-refractivity contribution is 6.28. The minimum Gasteiger partial charge on any atom is -0.373 e. The number of piperidine rings is 2. The monoisotopic (exact) mass is 524 g/mol. The van der Waals surface area contributed by atoms with Crippen molar-refractivity contribution in [2.45, 2.75) is 113 Å². The normalized spacial score (nSPS) is 33.6. The lowest BCUT2D eigenvalue weighted by molar-refractivity contribution is -0.130. The number of hydrogen-bond acceptors (Lipinski definition) is 7. The Morgan fingerprint density at radius 3 is 2.56 bits per heavy atom. The van der Waals surface area contributed by atoms with Crippen LogP contribution in [-0.2, 0) is 9.53 Å². The highest BCUT2D eigenvalue weighted by atomic mass is 35.5. The molecule has 206 valence electrons. The number of ether oxygens (including phenoxy) is 1. The maximum absolute atomic E-state index is 13.8. The zero-order valence-corrected chi connectivity index (χ0v) is 22.9. The molecule has 4 rings (SSSR count). The second-order valence-electron chi connectivity index (χ2n) is 11.9. The Morgan fingerprint density at radius 1 is 1.14 bits per heavy atom. The smallest absolute Gasteiger partial charge is 0.228 e. The first-order valence-electron chi connectivity index (χ1n) is 14.4. The fourth-order valence-electron chi connectivity index (χ4n) is 6.87. The Hall–Kier alpha value is -0.770. The van der Waals surface area contributed by atoms with E-state index in [1.807, 2.05) is 6.21 Å². The van der Waals surface area contributed by atoms with Crippen molar-refractivity contribution in [1.82, 2.24) is 15.5 Å². The lowest BCUT2D eigenvalue weighted by atomic mass is 9.69. The summed E-state index contributed by atoms with van der Waals surface area (Å²) in [4.78, 5) is 21.0. The van der Waals surface area contributed by atoms with E-state index in [-0.39, 0.29) is 41.0 Å². The summed E-state index contributed by atoms with van der Waals surface area (Å²) in [6, 6.07) is -0.355. The molecule has 1 spiro atoms. The number of rotatable bonds is 6. The van der Waals surface area contributed by atoms with Crippen LogP contribution in [0.15, 0.2) is 4.99 Å². The topological polar surface area (TPSA) is 118 Å². The summed E-state index contributed by atoms with van der Waals surface area (Å²) in [5.41, 5.74) is 12.8. The predicted octanol–water partition coefficient (Wildman–Crippen LogP) is 2.37. The Morgan fingerprint density at radius 2 is 1.86 bits per heavy atom. The van der Waals surface area contributed by atoms with Crippen LogP contribution in [0.4, 0.5) is 0 Å². The van der Waals surface area contributed by atoms with Crippen molar-refractivity contribution in [2.75, 3.05) is 33.2 Å². The van der Waals surface area contributed by atoms with E-state index in [0.29, 0.717) is 6.54 Å². The van der Waals surface area contributed by atoms with Crippen LogP contribution in [0.25, 0.3) is 0 Å². The molecule has 1 amide bonds. The number of hydrogen-bond donors (Lipinski definition) is 4. The molecule has 0 aromatic carbocycles. The first kappa shape index (κ1) is 28.2. The maximum atomic E-state index is 13.8. The minimum atomic E-state index is -0.784. The van der Waals surface area contributed by atoms with Crippen LogP contribution in [0.1, 0.15) is 77.0 Å². The average molecular weight is 525 g/mol. The fraction of sp³-hybridized carbons (Fsp3) is 0.926. The summed E-state index contributed by atoms with van der Waals surface area (Å²) in [5, 5.41) is 6.61. The van der Waals surface area contributed by atoms with Crippen LogP contribution in [0, 0.1) is 11.3 Å². The van der Waals surface area contributed by atoms with Crippen LogP contribution in [0.2, 0.25) is 0 Å². The Bertz CT molecular complexity index is 721. The van der Waals surface area contributed by atoms with Gasteiger partial charge in [-0.25, -0.2) is 0 Å². The number of nitrogens with two attached hydrogens (primary N) is 2. The molecule has 8 nitrogen and oxygen atoms in total. The molecule has 1 saturated carbocycles. The molecule has 5 unspecified atom stereocenters. The zero-order chi connectivity index (χ0) is 25.5. The fourth-order valence-corrected chi connectivity index (χ4v) is 7.04. The largest absolute Gasteiger partial charge is 0.373 e. The molecule has 5 atom stereocenters. The van der Waals surface area contributed by atoms with Gasteiger partial charge in [0.05, 0.1) is 41.8 Å². The average Bonchev–Trinajstić information content (AvgIpc) is 3.09. The number of nitrogens with zero attached hydrogens (tertiary/aromatic N) is 2. The van der Waals surface area contributed by atoms with Gasteiger partial charge in [-0.1, -0.05) is 25.7 Å². The lowest BCUT2D eigenvalue weighted by Crippen LogP contribution is -2.60. The number of amides is 1. The molecular formula is C27H49ClN6O2. The van der Waals surface area contributed by atoms with Crippen molar-refractivity contribution in [2.24, 2.45) is 27.8 Å². The summed E-state index contributed by atoms with van der Waals surface area (Å²) in [6.45, 7) is 3.70. The molecule has 3 aliphatic heterocycles. The number of carbonyl (C=O) groups excluding carboxylic acids is 1. The molecule has 1 aliphatic carbocycles. The van der Waals surface area contributed by atoms with Gasteiger partial charge in [0.15, 0.2) is 0 Å². The van der Waals surface area contributed by atoms with Crippen molar-refractivity contribution in [3.8, 4) is 0 Å². The van der Waals surface area contributed by atoms with Crippen LogP contribution < -0.4 is 22.1 Å². The van der Waals surface area contributed by atoms with Gasteiger partial charge >= 0.3 is 0 Å². The van der Waals surface area contributed by atoms with Gasteiger partial charge < -0.3 is 31.7 Å². The van der Waals surface area contributed by atoms with Crippen molar-refractivity contribution < 1.29 is 9.53 Å². The molecule has 36 heavy (non-hydrogen) atoms. The van der Waals surface area contributed by atoms with Crippen LogP contribution in [-0.4, -0.2) is 86.1 Å². The first-order chi connectivity index (χ1) is 17.3. The molecule has 6 N–H and O–H groups in total. The van der Waals surface area contributed by atoms with Crippen molar-refractivity contribution in [3.63, 3.8) is 0 Å². The van der Waals surface area contributed by atoms with Gasteiger partial charge in [0.2, 0.25) is 5.91 Å². The molecule has 0 radical (unpaired) electrons. The van der Waals surface area contributed by atoms with Gasteiger partial charge in [0.25, 0.3) is 0 Å². The summed E-state index contributed by atoms with van der Waals surface area (Å²) in [7, 11) is 2.16. The third kappa shape index (κ3) is 7.64. The predicted molar refractivity (Wildman–Crippen MR) is 146 cm³/mol. The van der Waals surface area contributed by atoms with Crippen molar-refractivity contribution >= 4 is 23.7 Å². The van der Waals surface area contributed by atoms with Gasteiger partial charge in [0, 0.05) is 25.8 Å². The summed E-state index contributed by atoms with van der Waals surface area (Å²) >= 11 is 6.60. The van der Waals surface area contributed by atoms with E-state index >= 15 is 0 Å². The van der Waals surface area contributed by atoms with Gasteiger partial charge in [0.1, 0.15) is 0 Å². The molecule has 0 bridgehead atoms. The number of likely N-dealkylation sites (tertiary alicyclic amines) is 1. The zero-order valence-electron chi connectivity index (χ0n) is 22.2. The van der Waals surface area contributed by atoms with E-state index < -0.39 is 12.1 Å². The second-order valence-corrected chi connectivity index (χ2v) is 12.5. The third-order valence-electron chi connectivity index (χ3n) is 9.11. The molecule has 3 fully saturated rings. The maximum Gasteiger partial charge on any atom is 0.228 e. The number of aliphatic imine (C=N–C) groups is 1. The molecular weight excluding hydrogens is 476 g/mol. The van der Waals surface area contributed by atoms with E-state index in [9.17, 15) is 4.79 Å². The molecule has 4 aliphatic rings. The van der Waals surface area contributed by atoms with Gasteiger partial charge in [-0.3, -0.25) is 9.79 Å². The standard InChI is InChI=1S/C27H49ClN6O2/c1-34-14-8-20(9-15-34)36-23-7-13-31-18-22(23)33-26(35)24(25(29)30)21-16-27(10-4-2-3-5-11-27)12-6-19(28)17-32-21/h17,19-25,31H,2-16,18,29-30H2,1H3,(H,33,35). The van der Waals surface area contributed by atoms with E-state index in [4.69, 9.17) is 32.8 Å². The molecule has 2 saturated heterocycles. The summed E-state index contributed by atoms with van der Waals surface area (Å²) in [6.07, 6.45) is 14.5. The Kier molecular flexibility index (Phi) is 10.5. The molecule has 0 aromatic rings. The van der Waals surface area contributed by atoms with Gasteiger partial charge in [-0.05, 0) is 70.4 Å². The van der Waals surface area contributed by atoms with Gasteiger partial charge in [-0.15, -0.1) is 11.6 Å². The van der Waals surface area contributed by atoms with E-state index in [1.54, 1.807) is 0 Å². The van der Waals surface area contributed by atoms with Crippen molar-refractivity contribution in [3.05, 3.63) is 0 Å². The first-order valence-corrected chi connectivity index (χ1v) is 14.8. The minimum absolute atomic E-state index is 0.000452. The number of nitrogens with one attached hydrogen (secondary N) is 2. The van der Waals surface area contributed by atoms with Gasteiger partial charge in [-0.2, -0.15) is 0 Å². The Balaban J connectivity index is 1.46. The van der Waals surface area contributed by atoms with Crippen LogP contribution in [0.3, 0.4) is 0 Å². The lowest BCUT2D eigenvalue weighted by Gasteiger charge is -2.41.